The summed E-state index contributed by atoms with van der Waals surface area (Å²) >= 11 is 0. The van der Waals surface area contributed by atoms with Crippen LogP contribution < -0.4 is 15.0 Å². The molecule has 2 N–H and O–H groups in total. The number of amides is 1. The molecule has 28 heavy (non-hydrogen) atoms. The fraction of sp³-hybridized carbons (Fsp3) is 0.391. The molecule has 5 nitrogen and oxygen atoms in total. The molecule has 5 heteroatoms. The molecule has 0 aromatic heterocycles. The Hall–Kier alpha value is -2.66. The summed E-state index contributed by atoms with van der Waals surface area (Å²) in [4.78, 5) is 14.4. The van der Waals surface area contributed by atoms with Gasteiger partial charge in [0.1, 0.15) is 5.75 Å². The third kappa shape index (κ3) is 5.92. The first-order chi connectivity index (χ1) is 13.5. The highest BCUT2D eigenvalue weighted by Gasteiger charge is 2.14. The summed E-state index contributed by atoms with van der Waals surface area (Å²) in [6, 6.07) is 15.1. The minimum atomic E-state index is -0.0771. The molecule has 0 saturated heterocycles. The Labute approximate surface area is 168 Å². The van der Waals surface area contributed by atoms with E-state index in [1.54, 1.807) is 24.1 Å². The lowest BCUT2D eigenvalue weighted by atomic mass is 10.0. The molecule has 1 atom stereocenters. The third-order valence-electron chi connectivity index (χ3n) is 4.78. The molecule has 0 heterocycles. The molecule has 0 fully saturated rings. The van der Waals surface area contributed by atoms with Gasteiger partial charge in [-0.05, 0) is 62.4 Å². The Morgan fingerprint density at radius 2 is 1.71 bits per heavy atom. The molecule has 0 radical (unpaired) electrons. The zero-order valence-corrected chi connectivity index (χ0v) is 17.3. The van der Waals surface area contributed by atoms with E-state index in [2.05, 4.69) is 19.2 Å². The summed E-state index contributed by atoms with van der Waals surface area (Å²) in [5.41, 5.74) is 2.87. The average molecular weight is 382 g/mol. The van der Waals surface area contributed by atoms with Gasteiger partial charge in [-0.15, -0.1) is 0 Å². The highest BCUT2D eigenvalue weighted by Crippen LogP contribution is 2.19. The molecule has 1 amide bonds. The highest BCUT2D eigenvalue weighted by molar-refractivity contribution is 6.06. The second-order valence-corrected chi connectivity index (χ2v) is 7.01. The second-order valence-electron chi connectivity index (χ2n) is 7.01. The van der Waals surface area contributed by atoms with Crippen LogP contribution in [0.2, 0.25) is 0 Å². The zero-order valence-electron chi connectivity index (χ0n) is 17.3. The number of carbonyl (C=O) groups is 1. The van der Waals surface area contributed by atoms with Gasteiger partial charge in [-0.2, -0.15) is 0 Å². The lowest BCUT2D eigenvalue weighted by molar-refractivity contribution is 0.0993. The predicted molar refractivity (Wildman–Crippen MR) is 116 cm³/mol. The van der Waals surface area contributed by atoms with E-state index < -0.39 is 0 Å². The molecule has 1 unspecified atom stereocenters. The lowest BCUT2D eigenvalue weighted by Gasteiger charge is -2.18. The highest BCUT2D eigenvalue weighted by atomic mass is 16.5. The van der Waals surface area contributed by atoms with Gasteiger partial charge in [-0.1, -0.05) is 25.5 Å². The fourth-order valence-electron chi connectivity index (χ4n) is 2.75. The van der Waals surface area contributed by atoms with E-state index in [1.807, 2.05) is 43.4 Å². The van der Waals surface area contributed by atoms with Crippen LogP contribution in [0.5, 0.6) is 5.75 Å². The molecule has 0 aliphatic heterocycles. The van der Waals surface area contributed by atoms with Gasteiger partial charge in [-0.3, -0.25) is 4.79 Å². The summed E-state index contributed by atoms with van der Waals surface area (Å²) in [7, 11) is 3.66. The van der Waals surface area contributed by atoms with Crippen LogP contribution in [0.25, 0.3) is 0 Å². The number of unbranched alkanes of at least 4 members (excludes halogenated alkanes) is 1. The zero-order chi connectivity index (χ0) is 20.5. The van der Waals surface area contributed by atoms with Gasteiger partial charge in [0, 0.05) is 36.5 Å². The van der Waals surface area contributed by atoms with E-state index in [1.165, 1.54) is 0 Å². The van der Waals surface area contributed by atoms with E-state index in [0.717, 1.165) is 29.8 Å². The maximum absolute atomic E-state index is 12.8. The number of rotatable bonds is 10. The van der Waals surface area contributed by atoms with Gasteiger partial charge in [0.25, 0.3) is 5.91 Å². The van der Waals surface area contributed by atoms with Crippen molar-refractivity contribution < 1.29 is 9.53 Å². The molecule has 2 aromatic rings. The number of ether oxygens (including phenoxy) is 1. The van der Waals surface area contributed by atoms with Gasteiger partial charge in [0.15, 0.2) is 0 Å². The SMILES string of the molecule is CCCCOc1ccc(C(=O)N(C)c2ccc(C(=N)CC(C)NC)cc2)cc1. The average Bonchev–Trinajstić information content (AvgIpc) is 2.73. The van der Waals surface area contributed by atoms with Crippen LogP contribution in [-0.2, 0) is 0 Å². The van der Waals surface area contributed by atoms with E-state index in [9.17, 15) is 4.79 Å². The Morgan fingerprint density at radius 3 is 2.29 bits per heavy atom. The van der Waals surface area contributed by atoms with Crippen molar-refractivity contribution in [2.45, 2.75) is 39.2 Å². The van der Waals surface area contributed by atoms with E-state index in [4.69, 9.17) is 10.1 Å². The van der Waals surface area contributed by atoms with E-state index in [-0.39, 0.29) is 11.9 Å². The number of benzene rings is 2. The van der Waals surface area contributed by atoms with Gasteiger partial charge in [-0.25, -0.2) is 0 Å². The minimum Gasteiger partial charge on any atom is -0.494 e. The first-order valence-corrected chi connectivity index (χ1v) is 9.82. The number of carbonyl (C=O) groups excluding carboxylic acids is 1. The summed E-state index contributed by atoms with van der Waals surface area (Å²) in [6.45, 7) is 4.87. The van der Waals surface area contributed by atoms with Crippen molar-refractivity contribution in [3.05, 3.63) is 59.7 Å². The summed E-state index contributed by atoms with van der Waals surface area (Å²) in [5, 5.41) is 11.4. The first kappa shape index (κ1) is 21.6. The maximum Gasteiger partial charge on any atom is 0.258 e. The van der Waals surface area contributed by atoms with Crippen LogP contribution in [0.1, 0.15) is 49.0 Å². The quantitative estimate of drug-likeness (QED) is 0.470. The number of hydrogen-bond acceptors (Lipinski definition) is 4. The maximum atomic E-state index is 12.8. The molecule has 0 spiro atoms. The first-order valence-electron chi connectivity index (χ1n) is 9.82. The standard InChI is InChI=1S/C23H31N3O2/c1-5-6-15-28-21-13-9-19(10-14-21)23(27)26(4)20-11-7-18(8-12-20)22(24)16-17(2)25-3/h7-14,17,24-25H,5-6,15-16H2,1-4H3. The summed E-state index contributed by atoms with van der Waals surface area (Å²) in [5.74, 6) is 0.707. The number of nitrogens with one attached hydrogen (secondary N) is 2. The van der Waals surface area contributed by atoms with Crippen molar-refractivity contribution in [2.24, 2.45) is 0 Å². The fourth-order valence-corrected chi connectivity index (χ4v) is 2.75. The number of anilines is 1. The Kier molecular flexibility index (Phi) is 8.20. The normalized spacial score (nSPS) is 11.7. The number of hydrogen-bond donors (Lipinski definition) is 2. The van der Waals surface area contributed by atoms with Crippen LogP contribution in [0, 0.1) is 5.41 Å². The molecule has 0 bridgehead atoms. The van der Waals surface area contributed by atoms with Crippen LogP contribution in [0.3, 0.4) is 0 Å². The molecule has 0 saturated carbocycles. The minimum absolute atomic E-state index is 0.0771. The van der Waals surface area contributed by atoms with Crippen molar-refractivity contribution in [3.8, 4) is 5.75 Å². The smallest absolute Gasteiger partial charge is 0.258 e. The monoisotopic (exact) mass is 381 g/mol. The van der Waals surface area contributed by atoms with Crippen LogP contribution in [0.4, 0.5) is 5.69 Å². The van der Waals surface area contributed by atoms with Crippen molar-refractivity contribution in [1.82, 2.24) is 5.32 Å². The van der Waals surface area contributed by atoms with Crippen molar-refractivity contribution in [1.29, 1.82) is 5.41 Å². The molecule has 0 aliphatic rings. The second kappa shape index (κ2) is 10.6. The van der Waals surface area contributed by atoms with Gasteiger partial charge in [0.2, 0.25) is 0 Å². The molecule has 2 aromatic carbocycles. The molecule has 150 valence electrons. The number of nitrogens with zero attached hydrogens (tertiary/aromatic N) is 1. The van der Waals surface area contributed by atoms with Crippen molar-refractivity contribution in [3.63, 3.8) is 0 Å². The van der Waals surface area contributed by atoms with Crippen molar-refractivity contribution in [2.75, 3.05) is 25.6 Å². The topological polar surface area (TPSA) is 65.4 Å². The van der Waals surface area contributed by atoms with E-state index >= 15 is 0 Å². The Balaban J connectivity index is 2.01. The largest absolute Gasteiger partial charge is 0.494 e. The Morgan fingerprint density at radius 1 is 1.11 bits per heavy atom. The van der Waals surface area contributed by atoms with E-state index in [0.29, 0.717) is 24.3 Å². The van der Waals surface area contributed by atoms with Gasteiger partial charge in [0.05, 0.1) is 6.61 Å². The van der Waals surface area contributed by atoms with Gasteiger partial charge >= 0.3 is 0 Å². The molecule has 0 aliphatic carbocycles. The van der Waals surface area contributed by atoms with Crippen LogP contribution in [0.15, 0.2) is 48.5 Å². The van der Waals surface area contributed by atoms with Crippen molar-refractivity contribution >= 4 is 17.3 Å². The summed E-state index contributed by atoms with van der Waals surface area (Å²) < 4.78 is 5.65. The van der Waals surface area contributed by atoms with Gasteiger partial charge < -0.3 is 20.4 Å². The Bertz CT molecular complexity index is 769. The third-order valence-corrected chi connectivity index (χ3v) is 4.78. The summed E-state index contributed by atoms with van der Waals surface area (Å²) in [6.07, 6.45) is 2.77. The molecular formula is C23H31N3O2. The lowest BCUT2D eigenvalue weighted by Crippen LogP contribution is -2.26. The predicted octanol–water partition coefficient (Wildman–Crippen LogP) is 4.51. The van der Waals surface area contributed by atoms with Crippen LogP contribution >= 0.6 is 0 Å². The molecule has 2 rings (SSSR count). The van der Waals surface area contributed by atoms with Crippen LogP contribution in [-0.4, -0.2) is 38.4 Å². The molecular weight excluding hydrogens is 350 g/mol.